The molecule has 0 radical (unpaired) electrons. The van der Waals surface area contributed by atoms with Gasteiger partial charge in [-0.2, -0.15) is 0 Å². The topological polar surface area (TPSA) is 3.88 Å². The number of nitrogens with zero attached hydrogens (tertiary/aromatic N) is 1. The summed E-state index contributed by atoms with van der Waals surface area (Å²) in [6.45, 7) is 0. The van der Waals surface area contributed by atoms with Crippen LogP contribution in [0, 0.1) is 0 Å². The molecule has 0 aliphatic rings. The minimum atomic E-state index is 0.781. The molecule has 0 aromatic carbocycles. The zero-order valence-corrected chi connectivity index (χ0v) is 5.39. The van der Waals surface area contributed by atoms with Gasteiger partial charge in [0.1, 0.15) is 7.05 Å². The second-order valence-corrected chi connectivity index (χ2v) is 2.12. The van der Waals surface area contributed by atoms with Crippen LogP contribution in [0.3, 0.4) is 0 Å². The fourth-order valence-electron chi connectivity index (χ4n) is 0.483. The van der Waals surface area contributed by atoms with Gasteiger partial charge in [0.25, 0.3) is 0 Å². The molecule has 0 atom stereocenters. The Morgan fingerprint density at radius 2 is 1.88 bits per heavy atom. The van der Waals surface area contributed by atoms with Gasteiger partial charge in [0, 0.05) is 12.1 Å². The van der Waals surface area contributed by atoms with Gasteiger partial charge in [-0.3, -0.25) is 0 Å². The van der Waals surface area contributed by atoms with Crippen LogP contribution in [0.4, 0.5) is 0 Å². The van der Waals surface area contributed by atoms with Crippen molar-refractivity contribution in [2.45, 2.75) is 0 Å². The zero-order valence-electron chi connectivity index (χ0n) is 4.63. The van der Waals surface area contributed by atoms with Crippen molar-refractivity contribution in [1.82, 2.24) is 0 Å². The maximum absolute atomic E-state index is 5.60. The van der Waals surface area contributed by atoms with E-state index in [4.69, 9.17) is 11.6 Å². The molecular formula is C6H7ClN+. The number of halogens is 1. The Morgan fingerprint density at radius 1 is 1.38 bits per heavy atom. The van der Waals surface area contributed by atoms with Gasteiger partial charge in [-0.05, 0) is 0 Å². The first-order chi connectivity index (χ1) is 3.79. The van der Waals surface area contributed by atoms with Crippen LogP contribution < -0.4 is 4.57 Å². The van der Waals surface area contributed by atoms with Crippen LogP contribution in [-0.4, -0.2) is 0 Å². The third-order valence-electron chi connectivity index (χ3n) is 0.938. The molecule has 1 aromatic rings. The van der Waals surface area contributed by atoms with E-state index in [2.05, 4.69) is 0 Å². The summed E-state index contributed by atoms with van der Waals surface area (Å²) >= 11 is 5.60. The summed E-state index contributed by atoms with van der Waals surface area (Å²) < 4.78 is 1.94. The number of hydrogen-bond donors (Lipinski definition) is 0. The smallest absolute Gasteiger partial charge is 0.170 e. The van der Waals surface area contributed by atoms with E-state index in [0.29, 0.717) is 0 Å². The maximum atomic E-state index is 5.60. The fraction of sp³-hybridized carbons (Fsp3) is 0.167. The van der Waals surface area contributed by atoms with Crippen molar-refractivity contribution < 1.29 is 4.57 Å². The van der Waals surface area contributed by atoms with Gasteiger partial charge in [-0.1, -0.05) is 11.6 Å². The second-order valence-electron chi connectivity index (χ2n) is 1.68. The van der Waals surface area contributed by atoms with E-state index in [-0.39, 0.29) is 0 Å². The van der Waals surface area contributed by atoms with Crippen molar-refractivity contribution in [3.05, 3.63) is 29.5 Å². The lowest BCUT2D eigenvalue weighted by molar-refractivity contribution is -0.671. The molecule has 0 aliphatic heterocycles. The minimum Gasteiger partial charge on any atom is -0.208 e. The first kappa shape index (κ1) is 5.57. The summed E-state index contributed by atoms with van der Waals surface area (Å²) in [5.74, 6) is 0. The highest BCUT2D eigenvalue weighted by molar-refractivity contribution is 6.30. The van der Waals surface area contributed by atoms with E-state index >= 15 is 0 Å². The van der Waals surface area contributed by atoms with Crippen LogP contribution in [0.5, 0.6) is 0 Å². The van der Waals surface area contributed by atoms with Gasteiger partial charge in [0.15, 0.2) is 12.4 Å². The molecule has 0 aliphatic carbocycles. The largest absolute Gasteiger partial charge is 0.208 e. The predicted octanol–water partition coefficient (Wildman–Crippen LogP) is 1.16. The van der Waals surface area contributed by atoms with Crippen molar-refractivity contribution in [2.24, 2.45) is 7.05 Å². The molecule has 0 bridgehead atoms. The van der Waals surface area contributed by atoms with Crippen LogP contribution >= 0.6 is 11.6 Å². The van der Waals surface area contributed by atoms with Gasteiger partial charge < -0.3 is 0 Å². The molecule has 0 amide bonds. The van der Waals surface area contributed by atoms with Crippen molar-refractivity contribution in [2.75, 3.05) is 0 Å². The van der Waals surface area contributed by atoms with Crippen molar-refractivity contribution in [3.8, 4) is 0 Å². The van der Waals surface area contributed by atoms with Crippen LogP contribution in [0.25, 0.3) is 0 Å². The van der Waals surface area contributed by atoms with Crippen LogP contribution in [0.2, 0.25) is 5.02 Å². The van der Waals surface area contributed by atoms with Crippen LogP contribution in [-0.2, 0) is 7.05 Å². The second kappa shape index (κ2) is 2.14. The molecule has 42 valence electrons. The standard InChI is InChI=1S/C6H7ClN/c1-8-4-2-6(7)3-5-8/h2-5H,1H3/q+1. The summed E-state index contributed by atoms with van der Waals surface area (Å²) in [5, 5.41) is 0.781. The Morgan fingerprint density at radius 3 is 2.25 bits per heavy atom. The Bertz CT molecular complexity index is 147. The predicted molar refractivity (Wildman–Crippen MR) is 32.6 cm³/mol. The lowest BCUT2D eigenvalue weighted by atomic mass is 10.5. The Labute approximate surface area is 53.5 Å². The van der Waals surface area contributed by atoms with E-state index in [9.17, 15) is 0 Å². The molecule has 0 saturated heterocycles. The molecule has 1 aromatic heterocycles. The Hall–Kier alpha value is -0.560. The van der Waals surface area contributed by atoms with E-state index in [1.54, 1.807) is 0 Å². The molecule has 0 unspecified atom stereocenters. The summed E-state index contributed by atoms with van der Waals surface area (Å²) in [4.78, 5) is 0. The highest BCUT2D eigenvalue weighted by atomic mass is 35.5. The molecule has 0 saturated carbocycles. The maximum Gasteiger partial charge on any atom is 0.170 e. The summed E-state index contributed by atoms with van der Waals surface area (Å²) in [6, 6.07) is 3.70. The lowest BCUT2D eigenvalue weighted by Gasteiger charge is -1.83. The summed E-state index contributed by atoms with van der Waals surface area (Å²) in [7, 11) is 1.95. The highest BCUT2D eigenvalue weighted by Gasteiger charge is 1.87. The number of pyridine rings is 1. The van der Waals surface area contributed by atoms with Crippen LogP contribution in [0.15, 0.2) is 24.5 Å². The normalized spacial score (nSPS) is 9.25. The third-order valence-corrected chi connectivity index (χ3v) is 1.19. The van der Waals surface area contributed by atoms with Gasteiger partial charge in [0.2, 0.25) is 0 Å². The average molecular weight is 129 g/mol. The molecule has 8 heavy (non-hydrogen) atoms. The van der Waals surface area contributed by atoms with Crippen molar-refractivity contribution >= 4 is 11.6 Å². The first-order valence-electron chi connectivity index (χ1n) is 2.40. The molecule has 1 nitrogen and oxygen atoms in total. The van der Waals surface area contributed by atoms with Gasteiger partial charge in [-0.15, -0.1) is 0 Å². The Kier molecular flexibility index (Phi) is 1.49. The number of aromatic nitrogens is 1. The van der Waals surface area contributed by atoms with Crippen LogP contribution in [0.1, 0.15) is 0 Å². The molecule has 0 fully saturated rings. The Balaban J connectivity index is 3.03. The average Bonchev–Trinajstić information content (AvgIpc) is 1.77. The molecular weight excluding hydrogens is 122 g/mol. The quantitative estimate of drug-likeness (QED) is 0.462. The van der Waals surface area contributed by atoms with Gasteiger partial charge in [-0.25, -0.2) is 4.57 Å². The van der Waals surface area contributed by atoms with E-state index < -0.39 is 0 Å². The lowest BCUT2D eigenvalue weighted by Crippen LogP contribution is -2.25. The number of rotatable bonds is 0. The highest BCUT2D eigenvalue weighted by Crippen LogP contribution is 2.00. The first-order valence-corrected chi connectivity index (χ1v) is 2.77. The number of hydrogen-bond acceptors (Lipinski definition) is 0. The molecule has 0 N–H and O–H groups in total. The van der Waals surface area contributed by atoms with Gasteiger partial charge in [0.05, 0.1) is 5.02 Å². The van der Waals surface area contributed by atoms with E-state index in [1.807, 2.05) is 36.1 Å². The van der Waals surface area contributed by atoms with E-state index in [1.165, 1.54) is 0 Å². The molecule has 0 spiro atoms. The minimum absolute atomic E-state index is 0.781. The van der Waals surface area contributed by atoms with Crippen molar-refractivity contribution in [3.63, 3.8) is 0 Å². The summed E-state index contributed by atoms with van der Waals surface area (Å²) in [5.41, 5.74) is 0. The third kappa shape index (κ3) is 1.20. The summed E-state index contributed by atoms with van der Waals surface area (Å²) in [6.07, 6.45) is 3.81. The fourth-order valence-corrected chi connectivity index (χ4v) is 0.595. The van der Waals surface area contributed by atoms with E-state index in [0.717, 1.165) is 5.02 Å². The van der Waals surface area contributed by atoms with Crippen molar-refractivity contribution in [1.29, 1.82) is 0 Å². The molecule has 1 heterocycles. The molecule has 2 heteroatoms. The number of aryl methyl sites for hydroxylation is 1. The zero-order chi connectivity index (χ0) is 5.98. The van der Waals surface area contributed by atoms with Gasteiger partial charge >= 0.3 is 0 Å². The molecule has 1 rings (SSSR count). The SMILES string of the molecule is C[n+]1ccc(Cl)cc1. The monoisotopic (exact) mass is 128 g/mol.